The predicted octanol–water partition coefficient (Wildman–Crippen LogP) is 2.84. The van der Waals surface area contributed by atoms with Gasteiger partial charge >= 0.3 is 0 Å². The van der Waals surface area contributed by atoms with Crippen molar-refractivity contribution in [3.8, 4) is 5.75 Å². The Labute approximate surface area is 154 Å². The van der Waals surface area contributed by atoms with Gasteiger partial charge in [0.25, 0.3) is 0 Å². The maximum atomic E-state index is 12.1. The molecule has 0 radical (unpaired) electrons. The van der Waals surface area contributed by atoms with Crippen LogP contribution in [0.2, 0.25) is 0 Å². The third kappa shape index (κ3) is 4.42. The van der Waals surface area contributed by atoms with Gasteiger partial charge in [-0.25, -0.2) is 0 Å². The Morgan fingerprint density at radius 2 is 1.85 bits per heavy atom. The fraction of sp³-hybridized carbons (Fsp3) is 0.333. The molecule has 3 rings (SSSR count). The summed E-state index contributed by atoms with van der Waals surface area (Å²) < 4.78 is 5.08. The lowest BCUT2D eigenvalue weighted by molar-refractivity contribution is -0.121. The lowest BCUT2D eigenvalue weighted by Crippen LogP contribution is -2.34. The van der Waals surface area contributed by atoms with Gasteiger partial charge in [-0.1, -0.05) is 18.2 Å². The minimum Gasteiger partial charge on any atom is -0.497 e. The Morgan fingerprint density at radius 3 is 2.62 bits per heavy atom. The Bertz CT molecular complexity index is 771. The summed E-state index contributed by atoms with van der Waals surface area (Å²) >= 11 is 0. The van der Waals surface area contributed by atoms with Crippen molar-refractivity contribution in [1.82, 2.24) is 5.32 Å². The number of ether oxygens (including phenoxy) is 1. The minimum absolute atomic E-state index is 0.0312. The van der Waals surface area contributed by atoms with E-state index >= 15 is 0 Å². The Balaban J connectivity index is 1.38. The van der Waals surface area contributed by atoms with Gasteiger partial charge in [-0.2, -0.15) is 0 Å². The predicted molar refractivity (Wildman–Crippen MR) is 102 cm³/mol. The van der Waals surface area contributed by atoms with E-state index in [0.29, 0.717) is 17.9 Å². The van der Waals surface area contributed by atoms with Gasteiger partial charge in [0.05, 0.1) is 7.11 Å². The molecule has 2 aromatic rings. The summed E-state index contributed by atoms with van der Waals surface area (Å²) in [7, 11) is 1.59. The van der Waals surface area contributed by atoms with E-state index in [9.17, 15) is 9.59 Å². The molecule has 0 fully saturated rings. The van der Waals surface area contributed by atoms with Crippen molar-refractivity contribution in [3.63, 3.8) is 0 Å². The number of nitrogens with one attached hydrogen (secondary N) is 1. The molecule has 1 aliphatic heterocycles. The van der Waals surface area contributed by atoms with E-state index in [1.165, 1.54) is 11.3 Å². The molecule has 0 bridgehead atoms. The first-order valence-electron chi connectivity index (χ1n) is 8.94. The SMILES string of the molecule is COc1ccc(C(=O)CCC(=O)NCCN2CCc3ccccc32)cc1. The summed E-state index contributed by atoms with van der Waals surface area (Å²) in [5, 5.41) is 2.91. The molecule has 1 aliphatic rings. The first-order valence-corrected chi connectivity index (χ1v) is 8.94. The van der Waals surface area contributed by atoms with Crippen LogP contribution in [0, 0.1) is 0 Å². The van der Waals surface area contributed by atoms with Crippen molar-refractivity contribution < 1.29 is 14.3 Å². The molecule has 0 aliphatic carbocycles. The number of nitrogens with zero attached hydrogens (tertiary/aromatic N) is 1. The number of para-hydroxylation sites is 1. The topological polar surface area (TPSA) is 58.6 Å². The van der Waals surface area contributed by atoms with E-state index in [0.717, 1.165) is 19.5 Å². The molecule has 0 spiro atoms. The lowest BCUT2D eigenvalue weighted by Gasteiger charge is -2.19. The maximum Gasteiger partial charge on any atom is 0.220 e. The second kappa shape index (κ2) is 8.52. The van der Waals surface area contributed by atoms with Crippen molar-refractivity contribution in [3.05, 3.63) is 59.7 Å². The normalized spacial score (nSPS) is 12.6. The number of benzene rings is 2. The first-order chi connectivity index (χ1) is 12.7. The van der Waals surface area contributed by atoms with Gasteiger partial charge in [-0.3, -0.25) is 9.59 Å². The standard InChI is InChI=1S/C21H24N2O3/c1-26-18-8-6-17(7-9-18)20(24)10-11-21(25)22-13-15-23-14-12-16-4-2-3-5-19(16)23/h2-9H,10-15H2,1H3,(H,22,25). The molecule has 0 aromatic heterocycles. The highest BCUT2D eigenvalue weighted by atomic mass is 16.5. The maximum absolute atomic E-state index is 12.1. The van der Waals surface area contributed by atoms with Crippen LogP contribution in [0.15, 0.2) is 48.5 Å². The van der Waals surface area contributed by atoms with Crippen molar-refractivity contribution >= 4 is 17.4 Å². The molecule has 0 atom stereocenters. The third-order valence-electron chi connectivity index (χ3n) is 4.68. The number of carbonyl (C=O) groups excluding carboxylic acids is 2. The summed E-state index contributed by atoms with van der Waals surface area (Å²) in [5.74, 6) is 0.596. The molecule has 1 heterocycles. The summed E-state index contributed by atoms with van der Waals surface area (Å²) in [5.41, 5.74) is 3.23. The largest absolute Gasteiger partial charge is 0.497 e. The molecule has 5 nitrogen and oxygen atoms in total. The fourth-order valence-corrected chi connectivity index (χ4v) is 3.21. The van der Waals surface area contributed by atoms with Gasteiger partial charge in [0.15, 0.2) is 5.78 Å². The number of ketones is 1. The van der Waals surface area contributed by atoms with Crippen molar-refractivity contribution in [1.29, 1.82) is 0 Å². The number of carbonyl (C=O) groups is 2. The van der Waals surface area contributed by atoms with Crippen molar-refractivity contribution in [2.75, 3.05) is 31.6 Å². The van der Waals surface area contributed by atoms with Crippen LogP contribution < -0.4 is 15.0 Å². The Hall–Kier alpha value is -2.82. The number of hydrogen-bond donors (Lipinski definition) is 1. The number of fused-ring (bicyclic) bond motifs is 1. The molecule has 2 aromatic carbocycles. The summed E-state index contributed by atoms with van der Waals surface area (Å²) in [6, 6.07) is 15.3. The molecule has 0 saturated carbocycles. The van der Waals surface area contributed by atoms with Gasteiger partial charge < -0.3 is 15.0 Å². The highest BCUT2D eigenvalue weighted by Crippen LogP contribution is 2.26. The number of hydrogen-bond acceptors (Lipinski definition) is 4. The van der Waals surface area contributed by atoms with Crippen LogP contribution >= 0.6 is 0 Å². The molecule has 0 unspecified atom stereocenters. The summed E-state index contributed by atoms with van der Waals surface area (Å²) in [6.07, 6.45) is 1.48. The molecule has 1 amide bonds. The highest BCUT2D eigenvalue weighted by molar-refractivity contribution is 5.98. The minimum atomic E-state index is -0.0839. The monoisotopic (exact) mass is 352 g/mol. The van der Waals surface area contributed by atoms with Crippen LogP contribution in [-0.4, -0.2) is 38.4 Å². The Kier molecular flexibility index (Phi) is 5.89. The van der Waals surface area contributed by atoms with Gasteiger partial charge in [-0.05, 0) is 42.3 Å². The van der Waals surface area contributed by atoms with E-state index in [-0.39, 0.29) is 24.5 Å². The molecular weight excluding hydrogens is 328 g/mol. The molecule has 1 N–H and O–H groups in total. The second-order valence-electron chi connectivity index (χ2n) is 6.37. The number of anilines is 1. The zero-order valence-electron chi connectivity index (χ0n) is 15.0. The van der Waals surface area contributed by atoms with E-state index < -0.39 is 0 Å². The van der Waals surface area contributed by atoms with Crippen molar-refractivity contribution in [2.24, 2.45) is 0 Å². The molecule has 26 heavy (non-hydrogen) atoms. The van der Waals surface area contributed by atoms with Gasteiger partial charge in [-0.15, -0.1) is 0 Å². The highest BCUT2D eigenvalue weighted by Gasteiger charge is 2.17. The number of Topliss-reactive ketones (excluding diaryl/α,β-unsaturated/α-hetero) is 1. The summed E-state index contributed by atoms with van der Waals surface area (Å²) in [6.45, 7) is 2.37. The zero-order valence-corrected chi connectivity index (χ0v) is 15.0. The van der Waals surface area contributed by atoms with Crippen LogP contribution in [0.25, 0.3) is 0 Å². The lowest BCUT2D eigenvalue weighted by atomic mass is 10.1. The summed E-state index contributed by atoms with van der Waals surface area (Å²) in [4.78, 5) is 26.4. The van der Waals surface area contributed by atoms with E-state index in [1.54, 1.807) is 31.4 Å². The quantitative estimate of drug-likeness (QED) is 0.742. The van der Waals surface area contributed by atoms with Crippen LogP contribution in [0.4, 0.5) is 5.69 Å². The van der Waals surface area contributed by atoms with Crippen LogP contribution in [0.5, 0.6) is 5.75 Å². The molecular formula is C21H24N2O3. The number of rotatable bonds is 8. The molecule has 136 valence electrons. The average Bonchev–Trinajstić information content (AvgIpc) is 3.09. The zero-order chi connectivity index (χ0) is 18.4. The second-order valence-corrected chi connectivity index (χ2v) is 6.37. The smallest absolute Gasteiger partial charge is 0.220 e. The van der Waals surface area contributed by atoms with Gasteiger partial charge in [0, 0.05) is 43.7 Å². The third-order valence-corrected chi connectivity index (χ3v) is 4.68. The van der Waals surface area contributed by atoms with Crippen LogP contribution in [0.3, 0.4) is 0 Å². The fourth-order valence-electron chi connectivity index (χ4n) is 3.21. The van der Waals surface area contributed by atoms with E-state index in [1.807, 2.05) is 6.07 Å². The van der Waals surface area contributed by atoms with Gasteiger partial charge in [0.2, 0.25) is 5.91 Å². The van der Waals surface area contributed by atoms with Crippen LogP contribution in [0.1, 0.15) is 28.8 Å². The molecule has 5 heteroatoms. The number of amides is 1. The van der Waals surface area contributed by atoms with E-state index in [2.05, 4.69) is 28.4 Å². The van der Waals surface area contributed by atoms with Crippen molar-refractivity contribution in [2.45, 2.75) is 19.3 Å². The van der Waals surface area contributed by atoms with Crippen LogP contribution in [-0.2, 0) is 11.2 Å². The average molecular weight is 352 g/mol. The van der Waals surface area contributed by atoms with E-state index in [4.69, 9.17) is 4.74 Å². The Morgan fingerprint density at radius 1 is 1.08 bits per heavy atom. The molecule has 0 saturated heterocycles. The first kappa shape index (κ1) is 18.0. The number of methoxy groups -OCH3 is 1. The van der Waals surface area contributed by atoms with Gasteiger partial charge in [0.1, 0.15) is 5.75 Å².